The van der Waals surface area contributed by atoms with Gasteiger partial charge in [0.2, 0.25) is 5.95 Å². The molecule has 198 valence electrons. The predicted molar refractivity (Wildman–Crippen MR) is 140 cm³/mol. The second kappa shape index (κ2) is 12.9. The molecule has 2 fully saturated rings. The van der Waals surface area contributed by atoms with Crippen LogP contribution in [0.5, 0.6) is 11.5 Å². The number of methoxy groups -OCH3 is 2. The molecule has 2 aromatic rings. The van der Waals surface area contributed by atoms with E-state index in [1.165, 1.54) is 32.1 Å². The first-order valence-corrected chi connectivity index (χ1v) is 13.1. The van der Waals surface area contributed by atoms with Gasteiger partial charge in [0.05, 0.1) is 19.7 Å². The van der Waals surface area contributed by atoms with E-state index in [1.807, 2.05) is 12.1 Å². The number of likely N-dealkylation sites (tertiary alicyclic amines) is 1. The normalized spacial score (nSPS) is 17.6. The van der Waals surface area contributed by atoms with Crippen LogP contribution in [0.25, 0.3) is 10.9 Å². The number of amides is 1. The van der Waals surface area contributed by atoms with E-state index >= 15 is 0 Å². The van der Waals surface area contributed by atoms with Crippen molar-refractivity contribution in [2.24, 2.45) is 0 Å². The van der Waals surface area contributed by atoms with Crippen molar-refractivity contribution in [3.05, 3.63) is 12.1 Å². The van der Waals surface area contributed by atoms with E-state index in [1.54, 1.807) is 14.2 Å². The van der Waals surface area contributed by atoms with Crippen molar-refractivity contribution in [2.45, 2.75) is 63.5 Å². The Hall–Kier alpha value is -2.88. The molecule has 0 unspecified atom stereocenters. The third-order valence-corrected chi connectivity index (χ3v) is 7.24. The molecule has 1 saturated carbocycles. The highest BCUT2D eigenvalue weighted by Crippen LogP contribution is 2.35. The quantitative estimate of drug-likeness (QED) is 0.400. The zero-order valence-electron chi connectivity index (χ0n) is 21.4. The van der Waals surface area contributed by atoms with Gasteiger partial charge in [-0.1, -0.05) is 19.3 Å². The van der Waals surface area contributed by atoms with Gasteiger partial charge in [0.15, 0.2) is 18.2 Å². The van der Waals surface area contributed by atoms with Gasteiger partial charge in [-0.2, -0.15) is 4.98 Å². The highest BCUT2D eigenvalue weighted by atomic mass is 19.1. The Balaban J connectivity index is 1.46. The molecule has 4 rings (SSSR count). The molecule has 1 amide bonds. The van der Waals surface area contributed by atoms with Gasteiger partial charge in [0.1, 0.15) is 5.82 Å². The average Bonchev–Trinajstić information content (AvgIpc) is 2.92. The minimum atomic E-state index is -0.999. The smallest absolute Gasteiger partial charge is 0.251 e. The predicted octanol–water partition coefficient (Wildman–Crippen LogP) is 3.74. The van der Waals surface area contributed by atoms with E-state index in [0.29, 0.717) is 43.0 Å². The summed E-state index contributed by atoms with van der Waals surface area (Å²) in [6, 6.07) is 4.87. The molecule has 0 bridgehead atoms. The summed E-state index contributed by atoms with van der Waals surface area (Å²) in [6.45, 7) is 2.15. The summed E-state index contributed by atoms with van der Waals surface area (Å²) in [4.78, 5) is 23.2. The number of fused-ring (bicyclic) bond motifs is 1. The Bertz CT molecular complexity index is 1010. The van der Waals surface area contributed by atoms with E-state index in [-0.39, 0.29) is 0 Å². The van der Waals surface area contributed by atoms with Gasteiger partial charge in [-0.25, -0.2) is 9.37 Å². The first-order valence-electron chi connectivity index (χ1n) is 13.1. The number of piperidine rings is 1. The third kappa shape index (κ3) is 6.66. The van der Waals surface area contributed by atoms with E-state index in [9.17, 15) is 9.18 Å². The van der Waals surface area contributed by atoms with Crippen molar-refractivity contribution in [3.63, 3.8) is 0 Å². The number of carbonyl (C=O) groups excluding carboxylic acids is 1. The maximum absolute atomic E-state index is 12.3. The van der Waals surface area contributed by atoms with Crippen LogP contribution in [-0.2, 0) is 4.79 Å². The fourth-order valence-electron chi connectivity index (χ4n) is 5.26. The van der Waals surface area contributed by atoms with Gasteiger partial charge in [-0.15, -0.1) is 0 Å². The van der Waals surface area contributed by atoms with Crippen molar-refractivity contribution >= 4 is 28.6 Å². The van der Waals surface area contributed by atoms with Gasteiger partial charge in [-0.05, 0) is 38.2 Å². The molecule has 0 radical (unpaired) electrons. The van der Waals surface area contributed by atoms with Crippen molar-refractivity contribution in [1.29, 1.82) is 0 Å². The van der Waals surface area contributed by atoms with Crippen LogP contribution in [0.15, 0.2) is 12.1 Å². The molecule has 36 heavy (non-hydrogen) atoms. The number of nitrogens with zero attached hydrogens (tertiary/aromatic N) is 3. The van der Waals surface area contributed by atoms with Gasteiger partial charge >= 0.3 is 0 Å². The molecule has 1 aromatic carbocycles. The molecule has 10 heteroatoms. The van der Waals surface area contributed by atoms with Crippen LogP contribution in [0.2, 0.25) is 0 Å². The number of nitrogens with one attached hydrogen (secondary N) is 3. The number of ether oxygens (including phenoxy) is 2. The second-order valence-electron chi connectivity index (χ2n) is 9.63. The molecular formula is C26H39FN6O3. The number of hydrogen-bond acceptors (Lipinski definition) is 8. The molecule has 1 aliphatic heterocycles. The van der Waals surface area contributed by atoms with E-state index in [0.717, 1.165) is 48.7 Å². The van der Waals surface area contributed by atoms with Crippen LogP contribution in [0, 0.1) is 0 Å². The number of alkyl halides is 1. The molecule has 3 N–H and O–H groups in total. The van der Waals surface area contributed by atoms with Crippen molar-refractivity contribution in [1.82, 2.24) is 20.2 Å². The number of anilines is 2. The number of halogens is 1. The lowest BCUT2D eigenvalue weighted by Gasteiger charge is -2.39. The van der Waals surface area contributed by atoms with Crippen LogP contribution in [0.4, 0.5) is 16.2 Å². The average molecular weight is 503 g/mol. The summed E-state index contributed by atoms with van der Waals surface area (Å²) in [5.74, 6) is 1.90. The van der Waals surface area contributed by atoms with E-state index in [4.69, 9.17) is 14.5 Å². The maximum Gasteiger partial charge on any atom is 0.251 e. The summed E-state index contributed by atoms with van der Waals surface area (Å²) in [5, 5.41) is 10.3. The van der Waals surface area contributed by atoms with Gasteiger partial charge in [0.25, 0.3) is 5.91 Å². The highest BCUT2D eigenvalue weighted by molar-refractivity contribution is 5.92. The Morgan fingerprint density at radius 2 is 1.75 bits per heavy atom. The SMILES string of the molecule is COc1cc2nc(NCCCNC(=O)CF)nc(NC3CCN(C4CCCCC4)CC3)c2cc1OC. The number of carbonyl (C=O) groups is 1. The molecule has 2 aliphatic rings. The largest absolute Gasteiger partial charge is 0.493 e. The Kier molecular flexibility index (Phi) is 9.38. The zero-order chi connectivity index (χ0) is 25.3. The lowest BCUT2D eigenvalue weighted by Crippen LogP contribution is -2.45. The Morgan fingerprint density at radius 3 is 2.44 bits per heavy atom. The fraction of sp³-hybridized carbons (Fsp3) is 0.654. The van der Waals surface area contributed by atoms with Crippen LogP contribution < -0.4 is 25.4 Å². The van der Waals surface area contributed by atoms with Gasteiger partial charge in [-0.3, -0.25) is 4.79 Å². The summed E-state index contributed by atoms with van der Waals surface area (Å²) >= 11 is 0. The first kappa shape index (κ1) is 26.2. The molecule has 1 saturated heterocycles. The summed E-state index contributed by atoms with van der Waals surface area (Å²) in [6.07, 6.45) is 9.55. The molecule has 2 heterocycles. The monoisotopic (exact) mass is 502 g/mol. The zero-order valence-corrected chi connectivity index (χ0v) is 21.4. The van der Waals surface area contributed by atoms with Gasteiger partial charge in [0, 0.05) is 49.7 Å². The molecule has 0 spiro atoms. The van der Waals surface area contributed by atoms with Crippen LogP contribution >= 0.6 is 0 Å². The first-order chi connectivity index (χ1) is 17.6. The van der Waals surface area contributed by atoms with Crippen LogP contribution in [0.1, 0.15) is 51.4 Å². The van der Waals surface area contributed by atoms with Crippen molar-refractivity contribution in [3.8, 4) is 11.5 Å². The van der Waals surface area contributed by atoms with E-state index < -0.39 is 12.6 Å². The molecule has 0 atom stereocenters. The molecular weight excluding hydrogens is 463 g/mol. The lowest BCUT2D eigenvalue weighted by atomic mass is 9.92. The standard InChI is InChI=1S/C26H39FN6O3/c1-35-22-15-20-21(16-23(22)36-2)31-26(29-12-6-11-28-24(34)17-27)32-25(20)30-18-9-13-33(14-10-18)19-7-4-3-5-8-19/h15-16,18-19H,3-14,17H2,1-2H3,(H,28,34)(H2,29,30,31,32). The van der Waals surface area contributed by atoms with Crippen molar-refractivity contribution in [2.75, 3.05) is 57.7 Å². The summed E-state index contributed by atoms with van der Waals surface area (Å²) in [5.41, 5.74) is 0.748. The Labute approximate surface area is 212 Å². The minimum absolute atomic E-state index is 0.333. The van der Waals surface area contributed by atoms with Crippen LogP contribution in [0.3, 0.4) is 0 Å². The number of hydrogen-bond donors (Lipinski definition) is 3. The van der Waals surface area contributed by atoms with Crippen molar-refractivity contribution < 1.29 is 18.7 Å². The maximum atomic E-state index is 12.3. The highest BCUT2D eigenvalue weighted by Gasteiger charge is 2.27. The number of aromatic nitrogens is 2. The topological polar surface area (TPSA) is 101 Å². The molecule has 9 nitrogen and oxygen atoms in total. The van der Waals surface area contributed by atoms with E-state index in [2.05, 4.69) is 25.8 Å². The molecule has 1 aromatic heterocycles. The second-order valence-corrected chi connectivity index (χ2v) is 9.63. The Morgan fingerprint density at radius 1 is 1.03 bits per heavy atom. The minimum Gasteiger partial charge on any atom is -0.493 e. The summed E-state index contributed by atoms with van der Waals surface area (Å²) < 4.78 is 23.3. The lowest BCUT2D eigenvalue weighted by molar-refractivity contribution is -0.121. The third-order valence-electron chi connectivity index (χ3n) is 7.24. The van der Waals surface area contributed by atoms with Gasteiger partial charge < -0.3 is 30.3 Å². The van der Waals surface area contributed by atoms with Crippen LogP contribution in [-0.4, -0.2) is 79.9 Å². The number of rotatable bonds is 11. The number of benzene rings is 1. The molecule has 1 aliphatic carbocycles. The summed E-state index contributed by atoms with van der Waals surface area (Å²) in [7, 11) is 3.23. The fourth-order valence-corrected chi connectivity index (χ4v) is 5.26.